The molecular weight excluding hydrogens is 398 g/mol. The van der Waals surface area contributed by atoms with Crippen molar-refractivity contribution in [3.8, 4) is 0 Å². The number of rotatable bonds is 7. The lowest BCUT2D eigenvalue weighted by Crippen LogP contribution is -2.48. The van der Waals surface area contributed by atoms with E-state index in [-0.39, 0.29) is 17.5 Å². The van der Waals surface area contributed by atoms with E-state index in [1.807, 2.05) is 73.7 Å². The van der Waals surface area contributed by atoms with Gasteiger partial charge in [-0.1, -0.05) is 79.6 Å². The molecule has 1 amide bonds. The zero-order valence-corrected chi connectivity index (χ0v) is 18.4. The molecule has 5 heteroatoms. The van der Waals surface area contributed by atoms with Crippen LogP contribution in [0, 0.1) is 6.92 Å². The minimum atomic E-state index is -0.689. The summed E-state index contributed by atoms with van der Waals surface area (Å²) < 4.78 is 0. The number of ketones is 1. The molecule has 162 valence electrons. The normalized spacial score (nSPS) is 15.0. The summed E-state index contributed by atoms with van der Waals surface area (Å²) in [6.45, 7) is 4.69. The molecule has 0 aromatic heterocycles. The maximum absolute atomic E-state index is 13.6. The van der Waals surface area contributed by atoms with Gasteiger partial charge in [0.1, 0.15) is 6.04 Å². The molecule has 0 spiro atoms. The van der Waals surface area contributed by atoms with Gasteiger partial charge in [0.15, 0.2) is 5.84 Å². The smallest absolute Gasteiger partial charge is 0.247 e. The van der Waals surface area contributed by atoms with Crippen LogP contribution in [0.5, 0.6) is 0 Å². The maximum Gasteiger partial charge on any atom is 0.247 e. The molecule has 1 aliphatic heterocycles. The van der Waals surface area contributed by atoms with E-state index in [1.54, 1.807) is 17.0 Å². The summed E-state index contributed by atoms with van der Waals surface area (Å²) in [6, 6.07) is 23.8. The molecule has 5 nitrogen and oxygen atoms in total. The number of benzene rings is 3. The molecule has 32 heavy (non-hydrogen) atoms. The van der Waals surface area contributed by atoms with Crippen molar-refractivity contribution >= 4 is 28.9 Å². The second-order valence-corrected chi connectivity index (χ2v) is 7.94. The lowest BCUT2D eigenvalue weighted by molar-refractivity contribution is -0.122. The van der Waals surface area contributed by atoms with Crippen LogP contribution in [0.1, 0.15) is 47.3 Å². The van der Waals surface area contributed by atoms with Crippen molar-refractivity contribution in [1.29, 1.82) is 0 Å². The minimum absolute atomic E-state index is 0.139. The number of Topliss-reactive ketones (excluding diaryl/α,β-unsaturated/α-hetero) is 1. The van der Waals surface area contributed by atoms with Crippen LogP contribution in [0.4, 0.5) is 11.4 Å². The molecule has 0 saturated heterocycles. The highest BCUT2D eigenvalue weighted by Gasteiger charge is 2.38. The molecule has 0 fully saturated rings. The van der Waals surface area contributed by atoms with Crippen LogP contribution in [-0.4, -0.2) is 24.1 Å². The Balaban J connectivity index is 1.86. The van der Waals surface area contributed by atoms with Crippen LogP contribution in [0.15, 0.2) is 83.9 Å². The monoisotopic (exact) mass is 425 g/mol. The van der Waals surface area contributed by atoms with Gasteiger partial charge in [0, 0.05) is 23.4 Å². The average Bonchev–Trinajstić information content (AvgIpc) is 2.83. The first-order chi connectivity index (χ1) is 15.6. The van der Waals surface area contributed by atoms with E-state index in [9.17, 15) is 9.59 Å². The molecule has 1 unspecified atom stereocenters. The summed E-state index contributed by atoms with van der Waals surface area (Å²) in [5.41, 5.74) is 3.82. The van der Waals surface area contributed by atoms with Gasteiger partial charge in [0.2, 0.25) is 11.7 Å². The SMILES string of the molecule is CCCCNC(=O)C1c2ccccc2N=C(C(=O)c2ccccc2)N1c1ccc(C)cc1. The number of amides is 1. The number of carbonyl (C=O) groups is 2. The predicted molar refractivity (Wildman–Crippen MR) is 129 cm³/mol. The van der Waals surface area contributed by atoms with E-state index >= 15 is 0 Å². The van der Waals surface area contributed by atoms with Gasteiger partial charge in [0.25, 0.3) is 0 Å². The van der Waals surface area contributed by atoms with Crippen molar-refractivity contribution in [2.45, 2.75) is 32.7 Å². The molecule has 3 aromatic rings. The predicted octanol–water partition coefficient (Wildman–Crippen LogP) is 5.39. The van der Waals surface area contributed by atoms with Crippen LogP contribution in [0.3, 0.4) is 0 Å². The fraction of sp³-hybridized carbons (Fsp3) is 0.222. The first-order valence-corrected chi connectivity index (χ1v) is 11.0. The molecule has 0 bridgehead atoms. The highest BCUT2D eigenvalue weighted by Crippen LogP contribution is 2.38. The molecule has 1 aliphatic rings. The Morgan fingerprint density at radius 1 is 0.938 bits per heavy atom. The Bertz CT molecular complexity index is 1140. The number of unbranched alkanes of at least 4 members (excludes halogenated alkanes) is 1. The Hall–Kier alpha value is -3.73. The summed E-state index contributed by atoms with van der Waals surface area (Å²) in [7, 11) is 0. The van der Waals surface area contributed by atoms with Gasteiger partial charge < -0.3 is 10.2 Å². The topological polar surface area (TPSA) is 61.8 Å². The lowest BCUT2D eigenvalue weighted by atomic mass is 9.96. The van der Waals surface area contributed by atoms with Gasteiger partial charge in [-0.05, 0) is 31.5 Å². The fourth-order valence-corrected chi connectivity index (χ4v) is 3.85. The Kier molecular flexibility index (Phi) is 6.45. The third-order valence-electron chi connectivity index (χ3n) is 5.57. The fourth-order valence-electron chi connectivity index (χ4n) is 3.85. The largest absolute Gasteiger partial charge is 0.354 e. The summed E-state index contributed by atoms with van der Waals surface area (Å²) in [6.07, 6.45) is 1.89. The molecule has 0 aliphatic carbocycles. The molecule has 1 heterocycles. The number of fused-ring (bicyclic) bond motifs is 1. The van der Waals surface area contributed by atoms with Crippen molar-refractivity contribution in [3.05, 3.63) is 95.6 Å². The van der Waals surface area contributed by atoms with E-state index in [1.165, 1.54) is 0 Å². The van der Waals surface area contributed by atoms with E-state index in [2.05, 4.69) is 12.2 Å². The second kappa shape index (κ2) is 9.60. The second-order valence-electron chi connectivity index (χ2n) is 7.94. The van der Waals surface area contributed by atoms with Crippen molar-refractivity contribution < 1.29 is 9.59 Å². The van der Waals surface area contributed by atoms with E-state index < -0.39 is 6.04 Å². The highest BCUT2D eigenvalue weighted by molar-refractivity contribution is 6.50. The number of hydrogen-bond donors (Lipinski definition) is 1. The van der Waals surface area contributed by atoms with Crippen LogP contribution < -0.4 is 10.2 Å². The molecular formula is C27H27N3O2. The average molecular weight is 426 g/mol. The number of aliphatic imine (C=N–C) groups is 1. The first-order valence-electron chi connectivity index (χ1n) is 11.0. The van der Waals surface area contributed by atoms with Gasteiger partial charge in [0.05, 0.1) is 5.69 Å². The molecule has 0 radical (unpaired) electrons. The number of carbonyl (C=O) groups excluding carboxylic acids is 2. The molecule has 1 atom stereocenters. The van der Waals surface area contributed by atoms with Gasteiger partial charge in [-0.25, -0.2) is 4.99 Å². The minimum Gasteiger partial charge on any atom is -0.354 e. The third kappa shape index (κ3) is 4.33. The van der Waals surface area contributed by atoms with Crippen LogP contribution in [-0.2, 0) is 4.79 Å². The standard InChI is InChI=1S/C27H27N3O2/c1-3-4-18-28-27(32)24-22-12-8-9-13-23(22)29-26(25(31)20-10-6-5-7-11-20)30(24)21-16-14-19(2)15-17-21/h5-17,24H,3-4,18H2,1-2H3,(H,28,32). The number of aryl methyl sites for hydroxylation is 1. The number of para-hydroxylation sites is 1. The van der Waals surface area contributed by atoms with E-state index in [0.717, 1.165) is 29.7 Å². The highest BCUT2D eigenvalue weighted by atomic mass is 16.2. The summed E-state index contributed by atoms with van der Waals surface area (Å²) in [5.74, 6) is -0.110. The Morgan fingerprint density at radius 3 is 2.34 bits per heavy atom. The van der Waals surface area contributed by atoms with E-state index in [4.69, 9.17) is 4.99 Å². The number of hydrogen-bond acceptors (Lipinski definition) is 4. The van der Waals surface area contributed by atoms with E-state index in [0.29, 0.717) is 17.8 Å². The third-order valence-corrected chi connectivity index (χ3v) is 5.57. The van der Waals surface area contributed by atoms with Crippen molar-refractivity contribution in [2.75, 3.05) is 11.4 Å². The number of amidine groups is 1. The van der Waals surface area contributed by atoms with Gasteiger partial charge >= 0.3 is 0 Å². The quantitative estimate of drug-likeness (QED) is 0.408. The summed E-state index contributed by atoms with van der Waals surface area (Å²) in [4.78, 5) is 33.6. The van der Waals surface area contributed by atoms with Crippen molar-refractivity contribution in [2.24, 2.45) is 4.99 Å². The molecule has 1 N–H and O–H groups in total. The molecule has 4 rings (SSSR count). The van der Waals surface area contributed by atoms with Crippen molar-refractivity contribution in [3.63, 3.8) is 0 Å². The van der Waals surface area contributed by atoms with Crippen LogP contribution >= 0.6 is 0 Å². The lowest BCUT2D eigenvalue weighted by Gasteiger charge is -2.36. The van der Waals surface area contributed by atoms with Gasteiger partial charge in [-0.3, -0.25) is 9.59 Å². The van der Waals surface area contributed by atoms with Crippen LogP contribution in [0.2, 0.25) is 0 Å². The zero-order chi connectivity index (χ0) is 22.5. The summed E-state index contributed by atoms with van der Waals surface area (Å²) >= 11 is 0. The molecule has 0 saturated carbocycles. The zero-order valence-electron chi connectivity index (χ0n) is 18.4. The molecule has 3 aromatic carbocycles. The first kappa shape index (κ1) is 21.5. The Labute approximate surface area is 188 Å². The van der Waals surface area contributed by atoms with Crippen LogP contribution in [0.25, 0.3) is 0 Å². The van der Waals surface area contributed by atoms with Gasteiger partial charge in [-0.2, -0.15) is 0 Å². The number of anilines is 1. The summed E-state index contributed by atoms with van der Waals surface area (Å²) in [5, 5.41) is 3.06. The number of nitrogens with zero attached hydrogens (tertiary/aromatic N) is 2. The van der Waals surface area contributed by atoms with Crippen molar-refractivity contribution in [1.82, 2.24) is 5.32 Å². The maximum atomic E-state index is 13.6. The Morgan fingerprint density at radius 2 is 1.62 bits per heavy atom. The van der Waals surface area contributed by atoms with Gasteiger partial charge in [-0.15, -0.1) is 0 Å². The number of nitrogens with one attached hydrogen (secondary N) is 1.